The van der Waals surface area contributed by atoms with Gasteiger partial charge in [-0.15, -0.1) is 0 Å². The summed E-state index contributed by atoms with van der Waals surface area (Å²) in [5.74, 6) is 3.69. The Morgan fingerprint density at radius 3 is 2.51 bits per heavy atom. The standard InChI is InChI=1S/C39H49ClF3N5O7/c1-38(37(51)55-19-22-8-9-23(52-3)15-30(22)53-4)11-6-5-7-25(38)36(50)48-14-10-24-26(40)16-27(41)34(54-20-28(44)33(35(42)43)46(2)45)32(24)29(48)18-47-21-39(12-13-39)17-31(47)49/h8-9,15-16,25,29,35H,5-7,10-14,17-21,44-45H2,1-4H3/b33-28-/t25-,29+,38-/m0/s1. The zero-order valence-corrected chi connectivity index (χ0v) is 32.4. The Balaban J connectivity index is 1.34. The summed E-state index contributed by atoms with van der Waals surface area (Å²) < 4.78 is 66.2. The molecule has 2 amide bonds. The van der Waals surface area contributed by atoms with Crippen LogP contribution >= 0.6 is 11.6 Å². The monoisotopic (exact) mass is 791 g/mol. The van der Waals surface area contributed by atoms with Crippen molar-refractivity contribution in [3.8, 4) is 17.2 Å². The number of amides is 2. The number of nitrogens with zero attached hydrogens (tertiary/aromatic N) is 3. The number of benzene rings is 2. The number of likely N-dealkylation sites (tertiary alicyclic amines) is 1. The van der Waals surface area contributed by atoms with E-state index in [0.717, 1.165) is 18.9 Å². The number of nitrogens with two attached hydrogens (primary N) is 2. The number of ether oxygens (including phenoxy) is 4. The minimum absolute atomic E-state index is 0.0136. The quantitative estimate of drug-likeness (QED) is 0.152. The number of carbonyl (C=O) groups is 3. The highest BCUT2D eigenvalue weighted by molar-refractivity contribution is 6.31. The molecule has 3 atom stereocenters. The summed E-state index contributed by atoms with van der Waals surface area (Å²) in [4.78, 5) is 45.7. The summed E-state index contributed by atoms with van der Waals surface area (Å²) in [5.41, 5.74) is 4.92. The van der Waals surface area contributed by atoms with Gasteiger partial charge in [-0.3, -0.25) is 14.4 Å². The van der Waals surface area contributed by atoms with Crippen LogP contribution < -0.4 is 25.8 Å². The van der Waals surface area contributed by atoms with Gasteiger partial charge in [-0.25, -0.2) is 19.0 Å². The fourth-order valence-corrected chi connectivity index (χ4v) is 8.77. The van der Waals surface area contributed by atoms with Crippen molar-refractivity contribution in [2.45, 2.75) is 77.4 Å². The lowest BCUT2D eigenvalue weighted by Crippen LogP contribution is -2.53. The number of hydrazine groups is 1. The Hall–Kier alpha value is -4.37. The molecule has 2 aromatic carbocycles. The third-order valence-electron chi connectivity index (χ3n) is 11.8. The molecule has 1 spiro atoms. The summed E-state index contributed by atoms with van der Waals surface area (Å²) in [6.45, 7) is 1.66. The van der Waals surface area contributed by atoms with Gasteiger partial charge in [0.15, 0.2) is 11.6 Å². The maximum Gasteiger partial charge on any atom is 0.312 e. The van der Waals surface area contributed by atoms with E-state index >= 15 is 9.18 Å². The Bertz CT molecular complexity index is 1850. The average Bonchev–Trinajstić information content (AvgIpc) is 3.83. The lowest BCUT2D eigenvalue weighted by Gasteiger charge is -2.45. The second-order valence-electron chi connectivity index (χ2n) is 15.4. The van der Waals surface area contributed by atoms with Crippen LogP contribution in [0, 0.1) is 22.6 Å². The van der Waals surface area contributed by atoms with Gasteiger partial charge in [0.2, 0.25) is 11.8 Å². The van der Waals surface area contributed by atoms with E-state index in [4.69, 9.17) is 42.1 Å². The predicted molar refractivity (Wildman–Crippen MR) is 197 cm³/mol. The first-order valence-electron chi connectivity index (χ1n) is 18.5. The van der Waals surface area contributed by atoms with E-state index in [1.54, 1.807) is 34.9 Å². The van der Waals surface area contributed by atoms with E-state index in [2.05, 4.69) is 0 Å². The molecule has 0 aromatic heterocycles. The minimum atomic E-state index is -3.03. The number of alkyl halides is 2. The van der Waals surface area contributed by atoms with Crippen LogP contribution in [0.25, 0.3) is 0 Å². The fourth-order valence-electron chi connectivity index (χ4n) is 8.48. The summed E-state index contributed by atoms with van der Waals surface area (Å²) >= 11 is 6.66. The third-order valence-corrected chi connectivity index (χ3v) is 12.1. The maximum atomic E-state index is 16.0. The van der Waals surface area contributed by atoms with Crippen LogP contribution in [0.2, 0.25) is 5.02 Å². The molecule has 3 fully saturated rings. The van der Waals surface area contributed by atoms with Gasteiger partial charge in [-0.2, -0.15) is 0 Å². The van der Waals surface area contributed by atoms with Gasteiger partial charge >= 0.3 is 5.97 Å². The molecule has 55 heavy (non-hydrogen) atoms. The van der Waals surface area contributed by atoms with Gasteiger partial charge in [0.05, 0.1) is 37.3 Å². The fraction of sp³-hybridized carbons (Fsp3) is 0.564. The molecular weight excluding hydrogens is 743 g/mol. The summed E-state index contributed by atoms with van der Waals surface area (Å²) in [5, 5.41) is 0.772. The second kappa shape index (κ2) is 16.0. The number of halogens is 4. The van der Waals surface area contributed by atoms with Crippen molar-refractivity contribution in [3.05, 3.63) is 63.2 Å². The molecule has 2 aliphatic heterocycles. The van der Waals surface area contributed by atoms with Crippen molar-refractivity contribution < 1.29 is 46.5 Å². The van der Waals surface area contributed by atoms with Gasteiger partial charge in [0.25, 0.3) is 6.43 Å². The molecule has 6 rings (SSSR count). The number of esters is 1. The van der Waals surface area contributed by atoms with E-state index < -0.39 is 53.6 Å². The highest BCUT2D eigenvalue weighted by atomic mass is 35.5. The van der Waals surface area contributed by atoms with Gasteiger partial charge in [-0.05, 0) is 68.2 Å². The molecule has 4 aliphatic rings. The normalized spacial score (nSPS) is 23.3. The molecule has 0 unspecified atom stereocenters. The number of hydrogen-bond acceptors (Lipinski definition) is 10. The Morgan fingerprint density at radius 2 is 1.87 bits per heavy atom. The number of carbonyl (C=O) groups excluding carboxylic acids is 3. The minimum Gasteiger partial charge on any atom is -0.497 e. The first kappa shape index (κ1) is 40.3. The summed E-state index contributed by atoms with van der Waals surface area (Å²) in [6, 6.07) is 5.30. The molecule has 2 heterocycles. The molecule has 4 N–H and O–H groups in total. The van der Waals surface area contributed by atoms with Crippen LogP contribution in [0.3, 0.4) is 0 Å². The number of rotatable bonds is 13. The second-order valence-corrected chi connectivity index (χ2v) is 15.8. The topological polar surface area (TPSA) is 150 Å². The zero-order valence-electron chi connectivity index (χ0n) is 31.6. The lowest BCUT2D eigenvalue weighted by molar-refractivity contribution is -0.169. The van der Waals surface area contributed by atoms with Gasteiger partial charge in [0, 0.05) is 55.3 Å². The molecule has 2 aliphatic carbocycles. The molecule has 300 valence electrons. The van der Waals surface area contributed by atoms with Crippen LogP contribution in [0.1, 0.15) is 74.6 Å². The molecule has 2 aromatic rings. The van der Waals surface area contributed by atoms with Crippen molar-refractivity contribution in [2.24, 2.45) is 28.3 Å². The van der Waals surface area contributed by atoms with Crippen molar-refractivity contribution in [1.82, 2.24) is 14.8 Å². The van der Waals surface area contributed by atoms with Gasteiger partial charge in [-0.1, -0.05) is 24.4 Å². The summed E-state index contributed by atoms with van der Waals surface area (Å²) in [7, 11) is 4.24. The van der Waals surface area contributed by atoms with Crippen molar-refractivity contribution >= 4 is 29.4 Å². The Labute approximate surface area is 323 Å². The van der Waals surface area contributed by atoms with Gasteiger partial charge in [0.1, 0.15) is 30.4 Å². The molecule has 16 heteroatoms. The third kappa shape index (κ3) is 8.00. The Kier molecular flexibility index (Phi) is 11.7. The lowest BCUT2D eigenvalue weighted by atomic mass is 9.66. The van der Waals surface area contributed by atoms with E-state index in [1.165, 1.54) is 21.3 Å². The van der Waals surface area contributed by atoms with Crippen molar-refractivity contribution in [3.63, 3.8) is 0 Å². The van der Waals surface area contributed by atoms with Crippen LogP contribution in [0.5, 0.6) is 17.2 Å². The SMILES string of the molecule is COc1ccc(COC(=O)[C@@]2(C)CCCC[C@H]2C(=O)N2CCc3c(Cl)cc(F)c(OC/C(N)=C(\C(F)F)N(C)N)c3[C@H]2CN2CC3(CC3)CC2=O)c(OC)c1. The van der Waals surface area contributed by atoms with Crippen molar-refractivity contribution in [2.75, 3.05) is 47.5 Å². The highest BCUT2D eigenvalue weighted by Crippen LogP contribution is 2.54. The molecule has 0 bridgehead atoms. The van der Waals surface area contributed by atoms with Crippen LogP contribution in [0.15, 0.2) is 35.7 Å². The Morgan fingerprint density at radius 1 is 1.13 bits per heavy atom. The van der Waals surface area contributed by atoms with E-state index in [9.17, 15) is 18.4 Å². The molecule has 1 saturated heterocycles. The number of hydrogen-bond donors (Lipinski definition) is 2. The van der Waals surface area contributed by atoms with Crippen LogP contribution in [0.4, 0.5) is 13.2 Å². The number of fused-ring (bicyclic) bond motifs is 1. The predicted octanol–water partition coefficient (Wildman–Crippen LogP) is 5.49. The number of methoxy groups -OCH3 is 2. The molecular formula is C39H49ClF3N5O7. The van der Waals surface area contributed by atoms with Crippen molar-refractivity contribution in [1.29, 1.82) is 0 Å². The molecule has 0 radical (unpaired) electrons. The van der Waals surface area contributed by atoms with E-state index in [0.29, 0.717) is 66.3 Å². The highest BCUT2D eigenvalue weighted by Gasteiger charge is 2.54. The first-order valence-corrected chi connectivity index (χ1v) is 18.9. The molecule has 2 saturated carbocycles. The average molecular weight is 792 g/mol. The van der Waals surface area contributed by atoms with E-state index in [-0.39, 0.29) is 59.7 Å². The summed E-state index contributed by atoms with van der Waals surface area (Å²) in [6.07, 6.45) is 1.55. The smallest absolute Gasteiger partial charge is 0.312 e. The zero-order chi connectivity index (χ0) is 39.8. The van der Waals surface area contributed by atoms with E-state index in [1.807, 2.05) is 0 Å². The number of allylic oxidation sites excluding steroid dienone is 1. The first-order chi connectivity index (χ1) is 26.1. The largest absolute Gasteiger partial charge is 0.497 e. The van der Waals surface area contributed by atoms with Crippen LogP contribution in [-0.2, 0) is 32.1 Å². The van der Waals surface area contributed by atoms with Gasteiger partial charge < -0.3 is 39.5 Å². The maximum absolute atomic E-state index is 16.0. The van der Waals surface area contributed by atoms with Crippen LogP contribution in [-0.4, -0.2) is 86.5 Å². The molecule has 12 nitrogen and oxygen atoms in total.